The quantitative estimate of drug-likeness (QED) is 0.715. The van der Waals surface area contributed by atoms with Crippen molar-refractivity contribution in [2.45, 2.75) is 50.5 Å². The zero-order valence-corrected chi connectivity index (χ0v) is 14.4. The second-order valence-electron chi connectivity index (χ2n) is 6.15. The molecule has 5 nitrogen and oxygen atoms in total. The molecule has 0 bridgehead atoms. The van der Waals surface area contributed by atoms with E-state index in [1.807, 2.05) is 0 Å². The maximum absolute atomic E-state index is 11.1. The number of hydrogen-bond donors (Lipinski definition) is 0. The summed E-state index contributed by atoms with van der Waals surface area (Å²) in [6.07, 6.45) is 7.90. The molecule has 1 aromatic heterocycles. The molecule has 0 aliphatic heterocycles. The molecule has 1 heterocycles. The number of sulfone groups is 1. The summed E-state index contributed by atoms with van der Waals surface area (Å²) in [5.74, 6) is 4.14. The molecule has 0 saturated heterocycles. The fourth-order valence-electron chi connectivity index (χ4n) is 2.87. The largest absolute Gasteiger partial charge is 0.338 e. The van der Waals surface area contributed by atoms with E-state index >= 15 is 0 Å². The van der Waals surface area contributed by atoms with Crippen LogP contribution in [0.25, 0.3) is 0 Å². The van der Waals surface area contributed by atoms with Gasteiger partial charge in [-0.05, 0) is 30.4 Å². The molecule has 2 atom stereocenters. The van der Waals surface area contributed by atoms with Gasteiger partial charge < -0.3 is 4.52 Å². The average molecular weight is 332 g/mol. The minimum absolute atomic E-state index is 0.152. The minimum Gasteiger partial charge on any atom is -0.338 e. The molecular weight excluding hydrogens is 308 g/mol. The summed E-state index contributed by atoms with van der Waals surface area (Å²) in [4.78, 5) is 4.11. The van der Waals surface area contributed by atoms with Crippen LogP contribution in [0.5, 0.6) is 0 Å². The Hall–Kier alpha value is -0.560. The van der Waals surface area contributed by atoms with Gasteiger partial charge in [-0.1, -0.05) is 31.3 Å². The molecule has 1 aliphatic carbocycles. The molecule has 1 saturated carbocycles. The minimum atomic E-state index is -3.10. The molecule has 120 valence electrons. The maximum atomic E-state index is 11.1. The van der Waals surface area contributed by atoms with Crippen molar-refractivity contribution in [3.63, 3.8) is 0 Å². The highest BCUT2D eigenvalue weighted by Crippen LogP contribution is 2.31. The first-order valence-corrected chi connectivity index (χ1v) is 10.7. The van der Waals surface area contributed by atoms with Gasteiger partial charge in [-0.15, -0.1) is 0 Å². The van der Waals surface area contributed by atoms with Crippen LogP contribution in [-0.2, 0) is 21.3 Å². The van der Waals surface area contributed by atoms with Gasteiger partial charge in [-0.2, -0.15) is 16.7 Å². The maximum Gasteiger partial charge on any atom is 0.236 e. The zero-order chi connectivity index (χ0) is 15.3. The van der Waals surface area contributed by atoms with Crippen molar-refractivity contribution in [2.75, 3.05) is 12.0 Å². The van der Waals surface area contributed by atoms with Crippen molar-refractivity contribution >= 4 is 21.6 Å². The zero-order valence-electron chi connectivity index (χ0n) is 12.7. The van der Waals surface area contributed by atoms with E-state index in [0.29, 0.717) is 11.6 Å². The lowest BCUT2D eigenvalue weighted by atomic mass is 9.81. The fourth-order valence-corrected chi connectivity index (χ4v) is 4.40. The molecule has 2 rings (SSSR count). The Morgan fingerprint density at radius 3 is 2.90 bits per heavy atom. The van der Waals surface area contributed by atoms with Crippen molar-refractivity contribution < 1.29 is 12.9 Å². The molecule has 1 aliphatic rings. The van der Waals surface area contributed by atoms with Gasteiger partial charge >= 0.3 is 0 Å². The third kappa shape index (κ3) is 6.38. The van der Waals surface area contributed by atoms with Gasteiger partial charge in [0.1, 0.15) is 5.75 Å². The molecule has 1 aromatic rings. The molecule has 0 spiro atoms. The van der Waals surface area contributed by atoms with Crippen LogP contribution in [-0.4, -0.2) is 30.6 Å². The molecule has 0 amide bonds. The molecule has 1 fully saturated rings. The van der Waals surface area contributed by atoms with Crippen LogP contribution < -0.4 is 0 Å². The van der Waals surface area contributed by atoms with Crippen LogP contribution >= 0.6 is 11.8 Å². The Labute approximate surface area is 131 Å². The van der Waals surface area contributed by atoms with E-state index in [0.717, 1.165) is 17.6 Å². The Morgan fingerprint density at radius 2 is 2.19 bits per heavy atom. The highest BCUT2D eigenvalue weighted by Gasteiger charge is 2.18. The van der Waals surface area contributed by atoms with Gasteiger partial charge in [0.05, 0.1) is 5.75 Å². The number of aromatic nitrogens is 2. The van der Waals surface area contributed by atoms with E-state index in [1.54, 1.807) is 11.8 Å². The van der Waals surface area contributed by atoms with E-state index in [1.165, 1.54) is 38.4 Å². The van der Waals surface area contributed by atoms with Crippen LogP contribution in [0.3, 0.4) is 0 Å². The smallest absolute Gasteiger partial charge is 0.236 e. The molecule has 7 heteroatoms. The molecule has 0 radical (unpaired) electrons. The normalized spacial score (nSPS) is 23.3. The summed E-state index contributed by atoms with van der Waals surface area (Å²) in [5.41, 5.74) is 0. The standard InChI is InChI=1S/C14H24N2O3S2/c1-11-4-3-5-12(8-11)6-7-20-9-14-15-13(16-19-14)10-21(2,17)18/h11-12H,3-10H2,1-2H3/t11-,12+/m0/s1. The van der Waals surface area contributed by atoms with E-state index in [2.05, 4.69) is 17.1 Å². The fraction of sp³-hybridized carbons (Fsp3) is 0.857. The molecule has 21 heavy (non-hydrogen) atoms. The predicted molar refractivity (Wildman–Crippen MR) is 84.7 cm³/mol. The molecule has 0 aromatic carbocycles. The van der Waals surface area contributed by atoms with Crippen LogP contribution in [0.2, 0.25) is 0 Å². The van der Waals surface area contributed by atoms with Crippen LogP contribution in [0.15, 0.2) is 4.52 Å². The van der Waals surface area contributed by atoms with Gasteiger partial charge in [0.25, 0.3) is 0 Å². The average Bonchev–Trinajstić information content (AvgIpc) is 2.80. The lowest BCUT2D eigenvalue weighted by Crippen LogP contribution is -2.13. The highest BCUT2D eigenvalue weighted by atomic mass is 32.2. The van der Waals surface area contributed by atoms with Crippen molar-refractivity contribution in [3.8, 4) is 0 Å². The second kappa shape index (κ2) is 7.63. The van der Waals surface area contributed by atoms with Crippen molar-refractivity contribution in [1.29, 1.82) is 0 Å². The van der Waals surface area contributed by atoms with Crippen molar-refractivity contribution in [2.24, 2.45) is 11.8 Å². The summed E-state index contributed by atoms with van der Waals surface area (Å²) in [6, 6.07) is 0. The molecule has 0 N–H and O–H groups in total. The summed E-state index contributed by atoms with van der Waals surface area (Å²) >= 11 is 1.79. The van der Waals surface area contributed by atoms with Crippen molar-refractivity contribution in [3.05, 3.63) is 11.7 Å². The summed E-state index contributed by atoms with van der Waals surface area (Å²) in [6.45, 7) is 2.35. The Balaban J connectivity index is 1.67. The Bertz CT molecular complexity index is 542. The number of thioether (sulfide) groups is 1. The first kappa shape index (κ1) is 16.8. The van der Waals surface area contributed by atoms with Gasteiger partial charge in [-0.25, -0.2) is 8.42 Å². The molecular formula is C14H24N2O3S2. The SMILES string of the molecule is C[C@H]1CCC[C@H](CCSCc2nc(CS(C)(=O)=O)no2)C1. The summed E-state index contributed by atoms with van der Waals surface area (Å²) in [5, 5.41) is 3.70. The van der Waals surface area contributed by atoms with E-state index in [4.69, 9.17) is 4.52 Å². The van der Waals surface area contributed by atoms with E-state index in [9.17, 15) is 8.42 Å². The highest BCUT2D eigenvalue weighted by molar-refractivity contribution is 7.98. The Kier molecular flexibility index (Phi) is 6.10. The van der Waals surface area contributed by atoms with Gasteiger partial charge in [-0.3, -0.25) is 0 Å². The summed E-state index contributed by atoms with van der Waals surface area (Å²) < 4.78 is 27.4. The number of hydrogen-bond acceptors (Lipinski definition) is 6. The van der Waals surface area contributed by atoms with Crippen molar-refractivity contribution in [1.82, 2.24) is 10.1 Å². The van der Waals surface area contributed by atoms with Gasteiger partial charge in [0.15, 0.2) is 15.7 Å². The topological polar surface area (TPSA) is 73.1 Å². The molecule has 0 unspecified atom stereocenters. The van der Waals surface area contributed by atoms with Crippen LogP contribution in [0, 0.1) is 11.8 Å². The van der Waals surface area contributed by atoms with E-state index < -0.39 is 9.84 Å². The first-order valence-electron chi connectivity index (χ1n) is 7.49. The lowest BCUT2D eigenvalue weighted by molar-refractivity contribution is 0.278. The predicted octanol–water partition coefficient (Wildman–Crippen LogP) is 3.06. The van der Waals surface area contributed by atoms with Crippen LogP contribution in [0.1, 0.15) is 50.7 Å². The first-order chi connectivity index (χ1) is 9.92. The number of rotatable bonds is 7. The van der Waals surface area contributed by atoms with Gasteiger partial charge in [0, 0.05) is 6.26 Å². The third-order valence-corrected chi connectivity index (χ3v) is 5.60. The van der Waals surface area contributed by atoms with Crippen LogP contribution in [0.4, 0.5) is 0 Å². The van der Waals surface area contributed by atoms with E-state index in [-0.39, 0.29) is 11.6 Å². The van der Waals surface area contributed by atoms with Gasteiger partial charge in [0.2, 0.25) is 5.89 Å². The monoisotopic (exact) mass is 332 g/mol. The summed E-state index contributed by atoms with van der Waals surface area (Å²) in [7, 11) is -3.10. The second-order valence-corrected chi connectivity index (χ2v) is 9.40. The third-order valence-electron chi connectivity index (χ3n) is 3.84. The lowest BCUT2D eigenvalue weighted by Gasteiger charge is -2.26. The number of nitrogens with zero attached hydrogens (tertiary/aromatic N) is 2. The Morgan fingerprint density at radius 1 is 1.38 bits per heavy atom.